The first-order chi connectivity index (χ1) is 17.2. The maximum atomic E-state index is 12.8. The zero-order chi connectivity index (χ0) is 25.4. The first-order valence-corrected chi connectivity index (χ1v) is 14.7. The Morgan fingerprint density at radius 1 is 1.08 bits per heavy atom. The molecule has 0 amide bonds. The highest BCUT2D eigenvalue weighted by atomic mass is 79.9. The number of para-hydroxylation sites is 1. The van der Waals surface area contributed by atoms with Crippen LogP contribution in [0.5, 0.6) is 5.75 Å². The van der Waals surface area contributed by atoms with Gasteiger partial charge in [-0.05, 0) is 64.7 Å². The van der Waals surface area contributed by atoms with Crippen molar-refractivity contribution in [3.8, 4) is 16.9 Å². The SMILES string of the molecule is COc1cc2c(cc1Nc1ncc(Br)c(Nc3ccccc3P(C)(C)=O)n1)-c1cnn(C)c1CC=C2. The van der Waals surface area contributed by atoms with Gasteiger partial charge in [-0.1, -0.05) is 24.3 Å². The van der Waals surface area contributed by atoms with Gasteiger partial charge >= 0.3 is 0 Å². The van der Waals surface area contributed by atoms with E-state index in [0.29, 0.717) is 22.0 Å². The van der Waals surface area contributed by atoms with Crippen LogP contribution in [0, 0.1) is 0 Å². The molecule has 10 heteroatoms. The van der Waals surface area contributed by atoms with Crippen LogP contribution in [0.2, 0.25) is 0 Å². The summed E-state index contributed by atoms with van der Waals surface area (Å²) in [5, 5.41) is 11.8. The average Bonchev–Trinajstić information content (AvgIpc) is 3.11. The molecule has 1 aliphatic carbocycles. The molecule has 4 aromatic rings. The normalized spacial score (nSPS) is 12.5. The van der Waals surface area contributed by atoms with Crippen molar-refractivity contribution >= 4 is 57.6 Å². The third-order valence-electron chi connectivity index (χ3n) is 6.06. The maximum Gasteiger partial charge on any atom is 0.229 e. The Morgan fingerprint density at radius 3 is 2.67 bits per heavy atom. The second kappa shape index (κ2) is 9.56. The van der Waals surface area contributed by atoms with E-state index in [4.69, 9.17) is 4.74 Å². The molecule has 0 bridgehead atoms. The number of aromatic nitrogens is 4. The van der Waals surface area contributed by atoms with Crippen molar-refractivity contribution in [2.75, 3.05) is 31.1 Å². The number of aryl methyl sites for hydroxylation is 1. The number of benzene rings is 2. The van der Waals surface area contributed by atoms with Gasteiger partial charge in [0.15, 0.2) is 0 Å². The summed E-state index contributed by atoms with van der Waals surface area (Å²) >= 11 is 3.53. The van der Waals surface area contributed by atoms with Gasteiger partial charge in [0.05, 0.1) is 29.2 Å². The molecular formula is C26H26BrN6O2P. The van der Waals surface area contributed by atoms with Crippen molar-refractivity contribution in [3.63, 3.8) is 0 Å². The van der Waals surface area contributed by atoms with E-state index in [1.54, 1.807) is 26.6 Å². The summed E-state index contributed by atoms with van der Waals surface area (Å²) in [6.07, 6.45) is 8.62. The van der Waals surface area contributed by atoms with Gasteiger partial charge in [-0.15, -0.1) is 0 Å². The highest BCUT2D eigenvalue weighted by Crippen LogP contribution is 2.40. The van der Waals surface area contributed by atoms with Gasteiger partial charge in [-0.25, -0.2) is 4.98 Å². The van der Waals surface area contributed by atoms with Crippen molar-refractivity contribution in [1.82, 2.24) is 19.7 Å². The van der Waals surface area contributed by atoms with Gasteiger partial charge in [-0.3, -0.25) is 4.68 Å². The smallest absolute Gasteiger partial charge is 0.229 e. The molecule has 0 radical (unpaired) electrons. The van der Waals surface area contributed by atoms with E-state index in [0.717, 1.165) is 45.5 Å². The van der Waals surface area contributed by atoms with Crippen LogP contribution in [0.1, 0.15) is 11.3 Å². The van der Waals surface area contributed by atoms with Crippen molar-refractivity contribution in [3.05, 3.63) is 70.6 Å². The molecule has 0 unspecified atom stereocenters. The quantitative estimate of drug-likeness (QED) is 0.279. The lowest BCUT2D eigenvalue weighted by Gasteiger charge is -2.17. The van der Waals surface area contributed by atoms with Crippen molar-refractivity contribution in [2.45, 2.75) is 6.42 Å². The number of hydrogen-bond donors (Lipinski definition) is 2. The predicted octanol–water partition coefficient (Wildman–Crippen LogP) is 5.95. The molecular weight excluding hydrogens is 539 g/mol. The highest BCUT2D eigenvalue weighted by Gasteiger charge is 2.20. The van der Waals surface area contributed by atoms with Gasteiger partial charge in [0.2, 0.25) is 5.95 Å². The average molecular weight is 565 g/mol. The number of fused-ring (bicyclic) bond motifs is 3. The van der Waals surface area contributed by atoms with Gasteiger partial charge in [0, 0.05) is 36.2 Å². The van der Waals surface area contributed by atoms with Crippen LogP contribution < -0.4 is 20.7 Å². The molecule has 2 heterocycles. The van der Waals surface area contributed by atoms with Gasteiger partial charge < -0.3 is 19.9 Å². The minimum absolute atomic E-state index is 0.392. The molecule has 0 aliphatic heterocycles. The number of nitrogens with one attached hydrogen (secondary N) is 2. The summed E-state index contributed by atoms with van der Waals surface area (Å²) in [5.74, 6) is 1.62. The van der Waals surface area contributed by atoms with Crippen molar-refractivity contribution in [2.24, 2.45) is 7.05 Å². The van der Waals surface area contributed by atoms with E-state index in [1.165, 1.54) is 0 Å². The predicted molar refractivity (Wildman–Crippen MR) is 150 cm³/mol. The highest BCUT2D eigenvalue weighted by molar-refractivity contribution is 9.10. The van der Waals surface area contributed by atoms with E-state index in [9.17, 15) is 4.57 Å². The topological polar surface area (TPSA) is 94.0 Å². The maximum absolute atomic E-state index is 12.8. The number of nitrogens with zero attached hydrogens (tertiary/aromatic N) is 4. The summed E-state index contributed by atoms with van der Waals surface area (Å²) < 4.78 is 21.1. The summed E-state index contributed by atoms with van der Waals surface area (Å²) in [7, 11) is 1.11. The van der Waals surface area contributed by atoms with Crippen LogP contribution in [0.4, 0.5) is 23.1 Å². The number of allylic oxidation sites excluding steroid dienone is 1. The van der Waals surface area contributed by atoms with Crippen LogP contribution in [-0.2, 0) is 18.0 Å². The lowest BCUT2D eigenvalue weighted by atomic mass is 10.00. The monoisotopic (exact) mass is 564 g/mol. The van der Waals surface area contributed by atoms with Gasteiger partial charge in [0.25, 0.3) is 0 Å². The van der Waals surface area contributed by atoms with E-state index >= 15 is 0 Å². The lowest BCUT2D eigenvalue weighted by Crippen LogP contribution is -2.11. The fourth-order valence-electron chi connectivity index (χ4n) is 4.27. The number of hydrogen-bond acceptors (Lipinski definition) is 7. The van der Waals surface area contributed by atoms with E-state index < -0.39 is 7.14 Å². The molecule has 0 fully saturated rings. The van der Waals surface area contributed by atoms with Crippen LogP contribution in [0.25, 0.3) is 17.2 Å². The van der Waals surface area contributed by atoms with Crippen molar-refractivity contribution < 1.29 is 9.30 Å². The van der Waals surface area contributed by atoms with E-state index in [-0.39, 0.29) is 0 Å². The molecule has 1 aliphatic rings. The Balaban J connectivity index is 1.52. The largest absolute Gasteiger partial charge is 0.495 e. The molecule has 2 aromatic carbocycles. The van der Waals surface area contributed by atoms with Crippen LogP contribution >= 0.6 is 23.1 Å². The molecule has 5 rings (SSSR count). The van der Waals surface area contributed by atoms with Crippen LogP contribution in [0.3, 0.4) is 0 Å². The zero-order valence-electron chi connectivity index (χ0n) is 20.4. The summed E-state index contributed by atoms with van der Waals surface area (Å²) in [4.78, 5) is 9.14. The Morgan fingerprint density at radius 2 is 1.89 bits per heavy atom. The minimum Gasteiger partial charge on any atom is -0.495 e. The molecule has 36 heavy (non-hydrogen) atoms. The molecule has 0 atom stereocenters. The molecule has 0 saturated carbocycles. The van der Waals surface area contributed by atoms with Crippen molar-refractivity contribution in [1.29, 1.82) is 0 Å². The summed E-state index contributed by atoms with van der Waals surface area (Å²) in [6.45, 7) is 3.51. The van der Waals surface area contributed by atoms with Crippen LogP contribution in [-0.4, -0.2) is 40.2 Å². The lowest BCUT2D eigenvalue weighted by molar-refractivity contribution is 0.416. The molecule has 2 aromatic heterocycles. The number of rotatable bonds is 6. The number of halogens is 1. The Hall–Kier alpha value is -3.42. The van der Waals surface area contributed by atoms with Crippen LogP contribution in [0.15, 0.2) is 59.3 Å². The number of ether oxygens (including phenoxy) is 1. The molecule has 0 saturated heterocycles. The number of anilines is 4. The number of methoxy groups -OCH3 is 1. The molecule has 2 N–H and O–H groups in total. The van der Waals surface area contributed by atoms with Gasteiger partial charge in [-0.2, -0.15) is 10.1 Å². The fraction of sp³-hybridized carbons (Fsp3) is 0.192. The van der Waals surface area contributed by atoms with E-state index in [2.05, 4.69) is 53.8 Å². The molecule has 8 nitrogen and oxygen atoms in total. The Bertz CT molecular complexity index is 1540. The molecule has 0 spiro atoms. The van der Waals surface area contributed by atoms with E-state index in [1.807, 2.05) is 54.3 Å². The molecule has 184 valence electrons. The first kappa shape index (κ1) is 24.3. The third kappa shape index (κ3) is 4.68. The Labute approximate surface area is 218 Å². The fourth-order valence-corrected chi connectivity index (χ4v) is 5.72. The zero-order valence-corrected chi connectivity index (χ0v) is 22.9. The third-order valence-corrected chi connectivity index (χ3v) is 8.19. The summed E-state index contributed by atoms with van der Waals surface area (Å²) in [6, 6.07) is 11.6. The second-order valence-corrected chi connectivity index (χ2v) is 12.9. The first-order valence-electron chi connectivity index (χ1n) is 11.4. The van der Waals surface area contributed by atoms with Gasteiger partial charge in [0.1, 0.15) is 18.7 Å². The standard InChI is InChI=1S/C26H26BrN6O2P/c1-33-22-10-7-8-16-12-23(35-2)21(13-17(16)18(22)14-29-33)31-26-28-15-19(27)25(32-26)30-20-9-5-6-11-24(20)36(3,4)34/h5-9,11-15H,10H2,1-4H3,(H2,28,30,31,32). The Kier molecular flexibility index (Phi) is 6.45. The summed E-state index contributed by atoms with van der Waals surface area (Å²) in [5.41, 5.74) is 5.83. The minimum atomic E-state index is -2.49. The second-order valence-electron chi connectivity index (χ2n) is 8.88.